The van der Waals surface area contributed by atoms with Crippen LogP contribution >= 0.6 is 0 Å². The number of urea groups is 1. The first kappa shape index (κ1) is 17.3. The number of ether oxygens (including phenoxy) is 4. The Hall–Kier alpha value is -3.53. The molecule has 0 aromatic heterocycles. The third kappa shape index (κ3) is 4.74. The quantitative estimate of drug-likeness (QED) is 0.807. The number of carbonyl (C=O) groups is 1. The van der Waals surface area contributed by atoms with Gasteiger partial charge in [-0.1, -0.05) is 17.9 Å². The van der Waals surface area contributed by atoms with E-state index in [2.05, 4.69) is 22.5 Å². The van der Waals surface area contributed by atoms with Gasteiger partial charge in [0.15, 0.2) is 11.5 Å². The van der Waals surface area contributed by atoms with Gasteiger partial charge in [0, 0.05) is 17.8 Å². The van der Waals surface area contributed by atoms with Crippen LogP contribution in [0.15, 0.2) is 42.5 Å². The molecule has 0 atom stereocenters. The number of anilines is 1. The normalized spacial score (nSPS) is 11.1. The van der Waals surface area contributed by atoms with E-state index in [1.54, 1.807) is 49.6 Å². The molecule has 1 aliphatic rings. The van der Waals surface area contributed by atoms with Crippen molar-refractivity contribution < 1.29 is 23.7 Å². The maximum atomic E-state index is 11.8. The van der Waals surface area contributed by atoms with E-state index < -0.39 is 0 Å². The number of rotatable bonds is 5. The maximum absolute atomic E-state index is 11.8. The van der Waals surface area contributed by atoms with Crippen molar-refractivity contribution in [2.45, 2.75) is 0 Å². The molecule has 0 unspecified atom stereocenters. The monoisotopic (exact) mass is 354 g/mol. The lowest BCUT2D eigenvalue weighted by molar-refractivity contribution is 0.174. The van der Waals surface area contributed by atoms with Crippen LogP contribution < -0.4 is 29.6 Å². The molecule has 0 bridgehead atoms. The summed E-state index contributed by atoms with van der Waals surface area (Å²) in [6.07, 6.45) is 0. The number of amides is 2. The third-order valence-corrected chi connectivity index (χ3v) is 3.44. The summed E-state index contributed by atoms with van der Waals surface area (Å²) in [5.41, 5.74) is 0.640. The molecule has 0 radical (unpaired) electrons. The zero-order valence-electron chi connectivity index (χ0n) is 14.2. The average molecular weight is 354 g/mol. The second-order valence-corrected chi connectivity index (χ2v) is 5.20. The molecular formula is C19H18N2O5. The average Bonchev–Trinajstić information content (AvgIpc) is 3.12. The summed E-state index contributed by atoms with van der Waals surface area (Å²) in [4.78, 5) is 11.8. The highest BCUT2D eigenvalue weighted by atomic mass is 16.7. The van der Waals surface area contributed by atoms with Crippen LogP contribution in [0, 0.1) is 11.8 Å². The second-order valence-electron chi connectivity index (χ2n) is 5.20. The number of hydrogen-bond acceptors (Lipinski definition) is 5. The fourth-order valence-electron chi connectivity index (χ4n) is 2.20. The lowest BCUT2D eigenvalue weighted by Crippen LogP contribution is -2.28. The van der Waals surface area contributed by atoms with Gasteiger partial charge in [-0.25, -0.2) is 4.79 Å². The highest BCUT2D eigenvalue weighted by molar-refractivity contribution is 5.89. The zero-order chi connectivity index (χ0) is 18.2. The zero-order valence-corrected chi connectivity index (χ0v) is 14.2. The number of fused-ring (bicyclic) bond motifs is 1. The molecule has 134 valence electrons. The van der Waals surface area contributed by atoms with Gasteiger partial charge < -0.3 is 29.6 Å². The lowest BCUT2D eigenvalue weighted by Gasteiger charge is -2.06. The summed E-state index contributed by atoms with van der Waals surface area (Å²) in [5.74, 6) is 8.33. The summed E-state index contributed by atoms with van der Waals surface area (Å²) < 4.78 is 21.1. The van der Waals surface area contributed by atoms with Gasteiger partial charge in [-0.3, -0.25) is 0 Å². The number of carbonyl (C=O) groups excluding carboxylic acids is 1. The fourth-order valence-corrected chi connectivity index (χ4v) is 2.20. The predicted molar refractivity (Wildman–Crippen MR) is 95.9 cm³/mol. The highest BCUT2D eigenvalue weighted by Gasteiger charge is 2.13. The first-order chi connectivity index (χ1) is 12.7. The second kappa shape index (κ2) is 8.53. The molecule has 0 saturated heterocycles. The number of benzene rings is 2. The van der Waals surface area contributed by atoms with Crippen molar-refractivity contribution in [2.75, 3.05) is 32.4 Å². The van der Waals surface area contributed by atoms with Crippen LogP contribution in [0.25, 0.3) is 0 Å². The predicted octanol–water partition coefficient (Wildman–Crippen LogP) is 2.63. The summed E-state index contributed by atoms with van der Waals surface area (Å²) >= 11 is 0. The van der Waals surface area contributed by atoms with Crippen molar-refractivity contribution in [1.29, 1.82) is 0 Å². The Morgan fingerprint density at radius 2 is 2.00 bits per heavy atom. The van der Waals surface area contributed by atoms with Crippen LogP contribution in [0.3, 0.4) is 0 Å². The molecule has 2 aromatic carbocycles. The molecular weight excluding hydrogens is 336 g/mol. The van der Waals surface area contributed by atoms with Crippen molar-refractivity contribution >= 4 is 11.7 Å². The van der Waals surface area contributed by atoms with E-state index in [-0.39, 0.29) is 26.0 Å². The molecule has 1 heterocycles. The molecule has 7 heteroatoms. The molecule has 0 saturated carbocycles. The number of hydrogen-bond donors (Lipinski definition) is 2. The molecule has 26 heavy (non-hydrogen) atoms. The van der Waals surface area contributed by atoms with Crippen molar-refractivity contribution in [3.05, 3.63) is 42.5 Å². The van der Waals surface area contributed by atoms with Gasteiger partial charge in [0.1, 0.15) is 18.1 Å². The maximum Gasteiger partial charge on any atom is 0.319 e. The van der Waals surface area contributed by atoms with Crippen LogP contribution in [-0.2, 0) is 0 Å². The Bertz CT molecular complexity index is 841. The van der Waals surface area contributed by atoms with Gasteiger partial charge in [-0.2, -0.15) is 0 Å². The van der Waals surface area contributed by atoms with Gasteiger partial charge in [0.05, 0.1) is 13.7 Å². The number of nitrogens with one attached hydrogen (secondary N) is 2. The first-order valence-electron chi connectivity index (χ1n) is 7.91. The molecule has 0 aliphatic carbocycles. The van der Waals surface area contributed by atoms with E-state index in [4.69, 9.17) is 18.9 Å². The molecule has 1 aliphatic heterocycles. The van der Waals surface area contributed by atoms with Crippen LogP contribution in [0.4, 0.5) is 10.5 Å². The Balaban J connectivity index is 1.38. The molecule has 2 aromatic rings. The first-order valence-corrected chi connectivity index (χ1v) is 7.91. The summed E-state index contributed by atoms with van der Waals surface area (Å²) in [6, 6.07) is 12.1. The minimum Gasteiger partial charge on any atom is -0.497 e. The van der Waals surface area contributed by atoms with Crippen molar-refractivity contribution in [3.63, 3.8) is 0 Å². The fraction of sp³-hybridized carbons (Fsp3) is 0.211. The summed E-state index contributed by atoms with van der Waals surface area (Å²) in [6.45, 7) is 0.640. The van der Waals surface area contributed by atoms with Gasteiger partial charge in [-0.05, 0) is 24.3 Å². The minimum absolute atomic E-state index is 0.207. The Morgan fingerprint density at radius 1 is 1.12 bits per heavy atom. The van der Waals surface area contributed by atoms with Crippen molar-refractivity contribution in [3.8, 4) is 34.8 Å². The van der Waals surface area contributed by atoms with E-state index in [0.717, 1.165) is 0 Å². The molecule has 0 fully saturated rings. The summed E-state index contributed by atoms with van der Waals surface area (Å²) in [7, 11) is 1.57. The third-order valence-electron chi connectivity index (χ3n) is 3.44. The Labute approximate surface area is 151 Å². The Morgan fingerprint density at radius 3 is 2.88 bits per heavy atom. The summed E-state index contributed by atoms with van der Waals surface area (Å²) in [5, 5.41) is 5.35. The van der Waals surface area contributed by atoms with E-state index in [9.17, 15) is 4.79 Å². The highest BCUT2D eigenvalue weighted by Crippen LogP contribution is 2.34. The topological polar surface area (TPSA) is 78.1 Å². The molecule has 7 nitrogen and oxygen atoms in total. The SMILES string of the molecule is COc1cccc(NC(=O)NCC#CCOc2ccc3c(c2)OCO3)c1. The molecule has 2 N–H and O–H groups in total. The van der Waals surface area contributed by atoms with E-state index in [0.29, 0.717) is 28.7 Å². The molecule has 3 rings (SSSR count). The van der Waals surface area contributed by atoms with Gasteiger partial charge in [0.2, 0.25) is 6.79 Å². The number of methoxy groups -OCH3 is 1. The van der Waals surface area contributed by atoms with E-state index in [1.807, 2.05) is 0 Å². The van der Waals surface area contributed by atoms with Crippen LogP contribution in [0.5, 0.6) is 23.0 Å². The van der Waals surface area contributed by atoms with Gasteiger partial charge >= 0.3 is 6.03 Å². The van der Waals surface area contributed by atoms with Gasteiger partial charge in [-0.15, -0.1) is 0 Å². The van der Waals surface area contributed by atoms with Crippen LogP contribution in [0.1, 0.15) is 0 Å². The lowest BCUT2D eigenvalue weighted by atomic mass is 10.3. The van der Waals surface area contributed by atoms with Crippen molar-refractivity contribution in [1.82, 2.24) is 5.32 Å². The Kier molecular flexibility index (Phi) is 5.68. The van der Waals surface area contributed by atoms with E-state index in [1.165, 1.54) is 0 Å². The van der Waals surface area contributed by atoms with E-state index >= 15 is 0 Å². The molecule has 0 spiro atoms. The van der Waals surface area contributed by atoms with Crippen LogP contribution in [0.2, 0.25) is 0 Å². The smallest absolute Gasteiger partial charge is 0.319 e. The van der Waals surface area contributed by atoms with Gasteiger partial charge in [0.25, 0.3) is 0 Å². The standard InChI is InChI=1S/C19H18N2O5/c1-23-15-6-4-5-14(11-15)21-19(22)20-9-2-3-10-24-16-7-8-17-18(12-16)26-13-25-17/h4-8,11-12H,9-10,13H2,1H3,(H2,20,21,22). The van der Waals surface area contributed by atoms with Crippen LogP contribution in [-0.4, -0.2) is 33.1 Å². The molecule has 2 amide bonds. The minimum atomic E-state index is -0.343. The van der Waals surface area contributed by atoms with Crippen molar-refractivity contribution in [2.24, 2.45) is 0 Å². The largest absolute Gasteiger partial charge is 0.497 e.